The number of hydrogen-bond acceptors (Lipinski definition) is 2. The van der Waals surface area contributed by atoms with Crippen LogP contribution in [0.2, 0.25) is 0 Å². The molecule has 2 nitrogen and oxygen atoms in total. The fourth-order valence-corrected chi connectivity index (χ4v) is 2.34. The molecule has 1 N–H and O–H groups in total. The highest BCUT2D eigenvalue weighted by Crippen LogP contribution is 2.32. The number of aliphatic hydroxyl groups is 1. The highest BCUT2D eigenvalue weighted by Gasteiger charge is 2.31. The van der Waals surface area contributed by atoms with Gasteiger partial charge in [-0.1, -0.05) is 48.8 Å². The molecule has 3 heteroatoms. The Hall–Kier alpha value is 0.650. The predicted octanol–water partition coefficient (Wildman–Crippen LogP) is 3.12. The van der Waals surface area contributed by atoms with Crippen molar-refractivity contribution in [3.8, 4) is 0 Å². The van der Waals surface area contributed by atoms with Crippen molar-refractivity contribution in [1.82, 2.24) is 0 Å². The molecular weight excluding hydrogens is 291 g/mol. The van der Waals surface area contributed by atoms with E-state index in [4.69, 9.17) is 4.74 Å². The average molecular weight is 312 g/mol. The van der Waals surface area contributed by atoms with E-state index in [1.807, 2.05) is 6.92 Å². The monoisotopic (exact) mass is 312 g/mol. The van der Waals surface area contributed by atoms with Crippen LogP contribution in [0.1, 0.15) is 46.0 Å². The molecule has 0 aromatic rings. The average Bonchev–Trinajstić information content (AvgIpc) is 2.17. The molecule has 0 aromatic heterocycles. The maximum Gasteiger partial charge on any atom is 0.158 e. The Labute approximate surface area is 101 Å². The van der Waals surface area contributed by atoms with E-state index in [1.165, 1.54) is 19.3 Å². The van der Waals surface area contributed by atoms with Gasteiger partial charge < -0.3 is 9.84 Å². The number of rotatable bonds is 4. The molecule has 0 aliphatic heterocycles. The van der Waals surface area contributed by atoms with Gasteiger partial charge in [-0.3, -0.25) is 0 Å². The first-order chi connectivity index (χ1) is 6.57. The Bertz CT molecular complexity index is 167. The van der Waals surface area contributed by atoms with Gasteiger partial charge in [0.2, 0.25) is 0 Å². The Morgan fingerprint density at radius 1 is 1.36 bits per heavy atom. The van der Waals surface area contributed by atoms with Crippen LogP contribution in [0.15, 0.2) is 0 Å². The van der Waals surface area contributed by atoms with Crippen LogP contribution in [-0.4, -0.2) is 21.4 Å². The lowest BCUT2D eigenvalue weighted by atomic mass is 9.86. The Morgan fingerprint density at radius 2 is 1.93 bits per heavy atom. The largest absolute Gasteiger partial charge is 0.368 e. The summed E-state index contributed by atoms with van der Waals surface area (Å²) in [6.07, 6.45) is 5.39. The lowest BCUT2D eigenvalue weighted by molar-refractivity contribution is -0.206. The first-order valence-electron chi connectivity index (χ1n) is 5.49. The number of halogens is 1. The van der Waals surface area contributed by atoms with Crippen LogP contribution < -0.4 is 0 Å². The molecule has 0 amide bonds. The van der Waals surface area contributed by atoms with Gasteiger partial charge in [0, 0.05) is 10.3 Å². The molecule has 1 saturated carbocycles. The normalized spacial score (nSPS) is 25.7. The first-order valence-corrected chi connectivity index (χ1v) is 7.02. The second-order valence-corrected chi connectivity index (χ2v) is 5.53. The van der Waals surface area contributed by atoms with Crippen molar-refractivity contribution >= 4 is 22.6 Å². The van der Waals surface area contributed by atoms with Gasteiger partial charge in [-0.2, -0.15) is 0 Å². The van der Waals surface area contributed by atoms with E-state index in [0.717, 1.165) is 17.3 Å². The third kappa shape index (κ3) is 3.66. The SMILES string of the molecule is CC(CI)C(O)OC1(C)CCCCC1. The molecule has 0 saturated heterocycles. The smallest absolute Gasteiger partial charge is 0.158 e. The zero-order valence-corrected chi connectivity index (χ0v) is 11.3. The molecule has 0 heterocycles. The molecule has 84 valence electrons. The van der Waals surface area contributed by atoms with Crippen LogP contribution in [0.5, 0.6) is 0 Å². The Balaban J connectivity index is 2.40. The highest BCUT2D eigenvalue weighted by molar-refractivity contribution is 14.1. The van der Waals surface area contributed by atoms with Crippen LogP contribution in [0, 0.1) is 5.92 Å². The minimum absolute atomic E-state index is 0.0717. The maximum atomic E-state index is 9.81. The minimum atomic E-state index is -0.588. The number of hydrogen-bond donors (Lipinski definition) is 1. The third-order valence-corrected chi connectivity index (χ3v) is 4.44. The van der Waals surface area contributed by atoms with Crippen LogP contribution in [0.25, 0.3) is 0 Å². The zero-order chi connectivity index (χ0) is 10.6. The lowest BCUT2D eigenvalue weighted by Gasteiger charge is -2.36. The van der Waals surface area contributed by atoms with Gasteiger partial charge in [0.05, 0.1) is 5.60 Å². The van der Waals surface area contributed by atoms with Crippen molar-refractivity contribution in [2.24, 2.45) is 5.92 Å². The summed E-state index contributed by atoms with van der Waals surface area (Å²) in [7, 11) is 0. The van der Waals surface area contributed by atoms with Crippen molar-refractivity contribution in [3.63, 3.8) is 0 Å². The van der Waals surface area contributed by atoms with Crippen LogP contribution in [0.4, 0.5) is 0 Å². The van der Waals surface area contributed by atoms with E-state index in [-0.39, 0.29) is 11.5 Å². The van der Waals surface area contributed by atoms with Gasteiger partial charge in [0.1, 0.15) is 0 Å². The second kappa shape index (κ2) is 5.66. The molecule has 2 unspecified atom stereocenters. The van der Waals surface area contributed by atoms with Crippen molar-refractivity contribution in [1.29, 1.82) is 0 Å². The molecule has 0 bridgehead atoms. The summed E-state index contributed by atoms with van der Waals surface area (Å²) in [6.45, 7) is 4.17. The predicted molar refractivity (Wildman–Crippen MR) is 66.6 cm³/mol. The molecule has 1 aliphatic rings. The minimum Gasteiger partial charge on any atom is -0.368 e. The van der Waals surface area contributed by atoms with Crippen LogP contribution >= 0.6 is 22.6 Å². The summed E-state index contributed by atoms with van der Waals surface area (Å²) in [5.41, 5.74) is -0.0717. The van der Waals surface area contributed by atoms with Gasteiger partial charge in [0.25, 0.3) is 0 Å². The van der Waals surface area contributed by atoms with E-state index >= 15 is 0 Å². The van der Waals surface area contributed by atoms with Gasteiger partial charge in [-0.15, -0.1) is 0 Å². The zero-order valence-electron chi connectivity index (χ0n) is 9.13. The van der Waals surface area contributed by atoms with E-state index in [9.17, 15) is 5.11 Å². The Kier molecular flexibility index (Phi) is 5.14. The summed E-state index contributed by atoms with van der Waals surface area (Å²) in [4.78, 5) is 0. The van der Waals surface area contributed by atoms with Crippen LogP contribution in [0.3, 0.4) is 0 Å². The maximum absolute atomic E-state index is 9.81. The van der Waals surface area contributed by atoms with Crippen molar-refractivity contribution < 1.29 is 9.84 Å². The number of alkyl halides is 1. The standard InChI is InChI=1S/C11H21IO2/c1-9(8-12)10(13)14-11(2)6-4-3-5-7-11/h9-10,13H,3-8H2,1-2H3. The molecule has 0 spiro atoms. The van der Waals surface area contributed by atoms with Gasteiger partial charge >= 0.3 is 0 Å². The molecule has 1 rings (SSSR count). The summed E-state index contributed by atoms with van der Waals surface area (Å²) in [6, 6.07) is 0. The van der Waals surface area contributed by atoms with Crippen LogP contribution in [-0.2, 0) is 4.74 Å². The Morgan fingerprint density at radius 3 is 2.43 bits per heavy atom. The van der Waals surface area contributed by atoms with Gasteiger partial charge in [-0.25, -0.2) is 0 Å². The van der Waals surface area contributed by atoms with Gasteiger partial charge in [0.15, 0.2) is 6.29 Å². The number of ether oxygens (including phenoxy) is 1. The highest BCUT2D eigenvalue weighted by atomic mass is 127. The fourth-order valence-electron chi connectivity index (χ4n) is 1.90. The summed E-state index contributed by atoms with van der Waals surface area (Å²) < 4.78 is 6.72. The molecule has 1 fully saturated rings. The van der Waals surface area contributed by atoms with E-state index in [2.05, 4.69) is 29.5 Å². The van der Waals surface area contributed by atoms with Gasteiger partial charge in [-0.05, 0) is 19.8 Å². The van der Waals surface area contributed by atoms with E-state index in [1.54, 1.807) is 0 Å². The summed E-state index contributed by atoms with van der Waals surface area (Å²) in [5.74, 6) is 0.231. The molecule has 0 aromatic carbocycles. The molecular formula is C11H21IO2. The molecule has 14 heavy (non-hydrogen) atoms. The quantitative estimate of drug-likeness (QED) is 0.491. The third-order valence-electron chi connectivity index (χ3n) is 3.05. The first kappa shape index (κ1) is 12.7. The van der Waals surface area contributed by atoms with Crippen molar-refractivity contribution in [3.05, 3.63) is 0 Å². The topological polar surface area (TPSA) is 29.5 Å². The van der Waals surface area contributed by atoms with Crippen molar-refractivity contribution in [2.45, 2.75) is 57.8 Å². The molecule has 1 aliphatic carbocycles. The number of aliphatic hydroxyl groups excluding tert-OH is 1. The lowest BCUT2D eigenvalue weighted by Crippen LogP contribution is -2.38. The van der Waals surface area contributed by atoms with E-state index < -0.39 is 6.29 Å². The van der Waals surface area contributed by atoms with E-state index in [0.29, 0.717) is 0 Å². The molecule has 0 radical (unpaired) electrons. The fraction of sp³-hybridized carbons (Fsp3) is 1.00. The second-order valence-electron chi connectivity index (χ2n) is 4.65. The summed E-state index contributed by atoms with van der Waals surface area (Å²) in [5, 5.41) is 9.81. The van der Waals surface area contributed by atoms with Crippen molar-refractivity contribution in [2.75, 3.05) is 4.43 Å². The summed E-state index contributed by atoms with van der Waals surface area (Å²) >= 11 is 2.29. The molecule has 2 atom stereocenters.